The van der Waals surface area contributed by atoms with Gasteiger partial charge in [-0.3, -0.25) is 0 Å². The average molecular weight is 223 g/mol. The van der Waals surface area contributed by atoms with Crippen molar-refractivity contribution in [2.45, 2.75) is 31.7 Å². The minimum absolute atomic E-state index is 0.138. The molecule has 0 aromatic heterocycles. The van der Waals surface area contributed by atoms with E-state index >= 15 is 0 Å². The van der Waals surface area contributed by atoms with Gasteiger partial charge in [-0.25, -0.2) is 29.4 Å². The van der Waals surface area contributed by atoms with Crippen LogP contribution in [0.3, 0.4) is 0 Å². The molecule has 0 atom stereocenters. The summed E-state index contributed by atoms with van der Waals surface area (Å²) < 4.78 is 0. The van der Waals surface area contributed by atoms with Crippen LogP contribution in [0, 0.1) is 0 Å². The van der Waals surface area contributed by atoms with Crippen molar-refractivity contribution in [1.29, 1.82) is 0 Å². The Morgan fingerprint density at radius 1 is 0.812 bits per heavy atom. The lowest BCUT2D eigenvalue weighted by Crippen LogP contribution is -2.05. The van der Waals surface area contributed by atoms with Crippen LogP contribution < -0.4 is 0 Å². The molecule has 0 bridgehead atoms. The third-order valence-electron chi connectivity index (χ3n) is 1.98. The smallest absolute Gasteiger partial charge is 0.211 e. The Bertz CT molecular complexity index is 300. The van der Waals surface area contributed by atoms with Gasteiger partial charge in [-0.15, -0.1) is 0 Å². The number of rotatable bonds is 9. The van der Waals surface area contributed by atoms with Crippen LogP contribution in [0.4, 0.5) is 0 Å². The summed E-state index contributed by atoms with van der Waals surface area (Å²) in [4.78, 5) is 40.1. The maximum absolute atomic E-state index is 10.1. The predicted octanol–water partition coefficient (Wildman–Crippen LogP) is 0.923. The van der Waals surface area contributed by atoms with Crippen LogP contribution in [0.1, 0.15) is 25.7 Å². The molecule has 6 nitrogen and oxygen atoms in total. The Balaban J connectivity index is 3.82. The van der Waals surface area contributed by atoms with E-state index in [1.165, 1.54) is 18.2 Å². The molecule has 0 spiro atoms. The fourth-order valence-corrected chi connectivity index (χ4v) is 1.25. The van der Waals surface area contributed by atoms with Crippen molar-refractivity contribution in [3.05, 3.63) is 0 Å². The first-order valence-electron chi connectivity index (χ1n) is 4.99. The molecule has 0 aromatic carbocycles. The molecular weight excluding hydrogens is 210 g/mol. The zero-order chi connectivity index (χ0) is 12.1. The summed E-state index contributed by atoms with van der Waals surface area (Å²) in [5.41, 5.74) is 0. The molecule has 86 valence electrons. The highest BCUT2D eigenvalue weighted by atomic mass is 16.1. The number of hydrogen-bond donors (Lipinski definition) is 0. The fraction of sp³-hybridized carbons (Fsp3) is 0.700. The Kier molecular flexibility index (Phi) is 9.91. The summed E-state index contributed by atoms with van der Waals surface area (Å²) in [6, 6.07) is -0.138. The monoisotopic (exact) mass is 223 g/mol. The van der Waals surface area contributed by atoms with E-state index in [1.54, 1.807) is 0 Å². The average Bonchev–Trinajstić information content (AvgIpc) is 2.30. The molecule has 0 aromatic rings. The van der Waals surface area contributed by atoms with E-state index < -0.39 is 0 Å². The molecule has 0 unspecified atom stereocenters. The molecule has 0 N–H and O–H groups in total. The van der Waals surface area contributed by atoms with Gasteiger partial charge in [0.05, 0.1) is 19.1 Å². The fourth-order valence-electron chi connectivity index (χ4n) is 1.25. The number of hydrogen-bond acceptors (Lipinski definition) is 6. The SMILES string of the molecule is O=C=NCCCC(CCCN=C=O)N=C=O. The number of isocyanates is 3. The first-order chi connectivity index (χ1) is 7.85. The lowest BCUT2D eigenvalue weighted by Gasteiger charge is -2.07. The van der Waals surface area contributed by atoms with Gasteiger partial charge in [0.1, 0.15) is 0 Å². The minimum Gasteiger partial charge on any atom is -0.211 e. The second-order valence-corrected chi connectivity index (χ2v) is 3.10. The molecular formula is C10H13N3O3. The van der Waals surface area contributed by atoms with Gasteiger partial charge in [-0.1, -0.05) is 0 Å². The largest absolute Gasteiger partial charge is 0.235 e. The standard InChI is InChI=1S/C10H13N3O3/c14-7-11-5-1-3-10(13-9-16)4-2-6-12-8-15/h10H,1-6H2. The molecule has 0 saturated carbocycles. The van der Waals surface area contributed by atoms with Crippen molar-refractivity contribution < 1.29 is 14.4 Å². The van der Waals surface area contributed by atoms with Crippen molar-refractivity contribution in [3.8, 4) is 0 Å². The van der Waals surface area contributed by atoms with Crippen molar-refractivity contribution in [2.24, 2.45) is 15.0 Å². The van der Waals surface area contributed by atoms with Crippen LogP contribution in [0.2, 0.25) is 0 Å². The minimum atomic E-state index is -0.138. The first-order valence-corrected chi connectivity index (χ1v) is 4.99. The highest BCUT2D eigenvalue weighted by molar-refractivity contribution is 5.34. The van der Waals surface area contributed by atoms with E-state index in [9.17, 15) is 14.4 Å². The van der Waals surface area contributed by atoms with Crippen LogP contribution in [0.25, 0.3) is 0 Å². The summed E-state index contributed by atoms with van der Waals surface area (Å²) >= 11 is 0. The van der Waals surface area contributed by atoms with E-state index in [0.717, 1.165) is 0 Å². The van der Waals surface area contributed by atoms with Crippen LogP contribution in [-0.4, -0.2) is 37.4 Å². The first kappa shape index (κ1) is 14.1. The number of aliphatic imine (C=N–C) groups is 3. The molecule has 6 heteroatoms. The van der Waals surface area contributed by atoms with E-state index in [2.05, 4.69) is 15.0 Å². The molecule has 0 heterocycles. The van der Waals surface area contributed by atoms with Crippen molar-refractivity contribution in [2.75, 3.05) is 13.1 Å². The summed E-state index contributed by atoms with van der Waals surface area (Å²) in [5.74, 6) is 0. The van der Waals surface area contributed by atoms with E-state index in [4.69, 9.17) is 0 Å². The molecule has 0 rings (SSSR count). The van der Waals surface area contributed by atoms with E-state index in [1.807, 2.05) is 0 Å². The van der Waals surface area contributed by atoms with Crippen LogP contribution in [0.15, 0.2) is 15.0 Å². The lowest BCUT2D eigenvalue weighted by molar-refractivity contribution is 0.515. The van der Waals surface area contributed by atoms with E-state index in [-0.39, 0.29) is 6.04 Å². The third kappa shape index (κ3) is 8.73. The Morgan fingerprint density at radius 3 is 1.69 bits per heavy atom. The molecule has 16 heavy (non-hydrogen) atoms. The van der Waals surface area contributed by atoms with Gasteiger partial charge in [0, 0.05) is 0 Å². The third-order valence-corrected chi connectivity index (χ3v) is 1.98. The topological polar surface area (TPSA) is 88.3 Å². The quantitative estimate of drug-likeness (QED) is 0.331. The van der Waals surface area contributed by atoms with Gasteiger partial charge in [-0.05, 0) is 25.7 Å². The van der Waals surface area contributed by atoms with Gasteiger partial charge >= 0.3 is 0 Å². The van der Waals surface area contributed by atoms with Crippen LogP contribution in [0.5, 0.6) is 0 Å². The zero-order valence-corrected chi connectivity index (χ0v) is 8.89. The Morgan fingerprint density at radius 2 is 1.31 bits per heavy atom. The van der Waals surface area contributed by atoms with Crippen molar-refractivity contribution in [3.63, 3.8) is 0 Å². The summed E-state index contributed by atoms with van der Waals surface area (Å²) in [6.07, 6.45) is 7.05. The van der Waals surface area contributed by atoms with Gasteiger partial charge in [0.25, 0.3) is 0 Å². The van der Waals surface area contributed by atoms with Crippen LogP contribution >= 0.6 is 0 Å². The number of carbonyl (C=O) groups excluding carboxylic acids is 3. The lowest BCUT2D eigenvalue weighted by atomic mass is 10.1. The second-order valence-electron chi connectivity index (χ2n) is 3.10. The molecule has 0 saturated heterocycles. The zero-order valence-electron chi connectivity index (χ0n) is 8.89. The van der Waals surface area contributed by atoms with Gasteiger partial charge in [0.2, 0.25) is 18.2 Å². The highest BCUT2D eigenvalue weighted by Crippen LogP contribution is 2.09. The predicted molar refractivity (Wildman–Crippen MR) is 56.4 cm³/mol. The molecule has 0 radical (unpaired) electrons. The normalized spacial score (nSPS) is 10.5. The second kappa shape index (κ2) is 11.2. The number of nitrogens with zero attached hydrogens (tertiary/aromatic N) is 3. The van der Waals surface area contributed by atoms with Gasteiger partial charge < -0.3 is 0 Å². The highest BCUT2D eigenvalue weighted by Gasteiger charge is 2.05. The Hall–Kier alpha value is -1.86. The maximum atomic E-state index is 10.1. The Labute approximate surface area is 93.2 Å². The van der Waals surface area contributed by atoms with Crippen LogP contribution in [-0.2, 0) is 14.4 Å². The van der Waals surface area contributed by atoms with Crippen molar-refractivity contribution >= 4 is 18.2 Å². The molecule has 0 aliphatic heterocycles. The van der Waals surface area contributed by atoms with Gasteiger partial charge in [0.15, 0.2) is 0 Å². The summed E-state index contributed by atoms with van der Waals surface area (Å²) in [6.45, 7) is 0.779. The van der Waals surface area contributed by atoms with Crippen molar-refractivity contribution in [1.82, 2.24) is 0 Å². The molecule has 0 aliphatic carbocycles. The van der Waals surface area contributed by atoms with Gasteiger partial charge in [-0.2, -0.15) is 0 Å². The summed E-state index contributed by atoms with van der Waals surface area (Å²) in [7, 11) is 0. The maximum Gasteiger partial charge on any atom is 0.235 e. The van der Waals surface area contributed by atoms with E-state index in [0.29, 0.717) is 38.8 Å². The molecule has 0 aliphatic rings. The molecule has 0 fully saturated rings. The molecule has 0 amide bonds. The summed E-state index contributed by atoms with van der Waals surface area (Å²) in [5, 5.41) is 0.